The van der Waals surface area contributed by atoms with E-state index in [9.17, 15) is 19.2 Å². The summed E-state index contributed by atoms with van der Waals surface area (Å²) in [5.41, 5.74) is 1.77. The average molecular weight is 448 g/mol. The molecule has 1 heterocycles. The van der Waals surface area contributed by atoms with Crippen LogP contribution in [0.3, 0.4) is 0 Å². The topological polar surface area (TPSA) is 95.6 Å². The quantitative estimate of drug-likeness (QED) is 0.503. The Labute approximate surface area is 193 Å². The van der Waals surface area contributed by atoms with Gasteiger partial charge in [0, 0.05) is 19.1 Å². The van der Waals surface area contributed by atoms with Gasteiger partial charge in [-0.25, -0.2) is 0 Å². The number of amides is 3. The summed E-state index contributed by atoms with van der Waals surface area (Å²) in [6, 6.07) is 17.4. The van der Waals surface area contributed by atoms with Crippen molar-refractivity contribution in [2.45, 2.75) is 57.3 Å². The van der Waals surface area contributed by atoms with Crippen molar-refractivity contribution in [1.82, 2.24) is 15.5 Å². The van der Waals surface area contributed by atoms with Gasteiger partial charge in [0.1, 0.15) is 12.0 Å². The number of hydrogen-bond donors (Lipinski definition) is 2. The third-order valence-electron chi connectivity index (χ3n) is 6.48. The van der Waals surface area contributed by atoms with E-state index in [-0.39, 0.29) is 19.1 Å². The molecule has 0 radical (unpaired) electrons. The molecule has 1 aliphatic carbocycles. The number of carbonyl (C=O) groups is 4. The lowest BCUT2D eigenvalue weighted by molar-refractivity contribution is -0.144. The van der Waals surface area contributed by atoms with Gasteiger partial charge in [0.25, 0.3) is 5.91 Å². The molecule has 2 aromatic carbocycles. The van der Waals surface area contributed by atoms with Crippen molar-refractivity contribution in [1.29, 1.82) is 0 Å². The van der Waals surface area contributed by atoms with Crippen LogP contribution in [0.25, 0.3) is 0 Å². The Morgan fingerprint density at radius 2 is 1.27 bits per heavy atom. The molecule has 2 fully saturated rings. The maximum absolute atomic E-state index is 13.3. The van der Waals surface area contributed by atoms with E-state index in [4.69, 9.17) is 0 Å². The molecular weight excluding hydrogens is 418 g/mol. The highest BCUT2D eigenvalue weighted by molar-refractivity contribution is 6.44. The molecule has 7 nitrogen and oxygen atoms in total. The predicted octanol–water partition coefficient (Wildman–Crippen LogP) is 2.35. The second-order valence-electron chi connectivity index (χ2n) is 8.70. The van der Waals surface area contributed by atoms with Crippen LogP contribution in [0.5, 0.6) is 0 Å². The van der Waals surface area contributed by atoms with Crippen LogP contribution in [0.1, 0.15) is 43.2 Å². The molecule has 0 aromatic heterocycles. The van der Waals surface area contributed by atoms with Crippen LogP contribution in [0.2, 0.25) is 0 Å². The zero-order valence-corrected chi connectivity index (χ0v) is 18.5. The van der Waals surface area contributed by atoms with Crippen LogP contribution in [-0.4, -0.2) is 40.5 Å². The minimum atomic E-state index is -1.35. The van der Waals surface area contributed by atoms with Gasteiger partial charge in [0.2, 0.25) is 17.6 Å². The second-order valence-corrected chi connectivity index (χ2v) is 8.70. The fourth-order valence-corrected chi connectivity index (χ4v) is 4.77. The molecule has 0 spiro atoms. The van der Waals surface area contributed by atoms with Crippen molar-refractivity contribution < 1.29 is 19.2 Å². The van der Waals surface area contributed by atoms with E-state index in [1.165, 1.54) is 4.90 Å². The molecule has 7 heteroatoms. The SMILES string of the molecule is O=C(NCc1ccccc1)[C@H]1C(=O)C(=O)N(C2CCCCC2)[C@H]1C(=O)NCc1ccccc1. The first-order valence-electron chi connectivity index (χ1n) is 11.6. The van der Waals surface area contributed by atoms with Crippen LogP contribution in [0.15, 0.2) is 60.7 Å². The van der Waals surface area contributed by atoms with E-state index >= 15 is 0 Å². The number of nitrogens with one attached hydrogen (secondary N) is 2. The number of rotatable bonds is 7. The zero-order chi connectivity index (χ0) is 23.2. The molecule has 33 heavy (non-hydrogen) atoms. The Morgan fingerprint density at radius 3 is 1.82 bits per heavy atom. The molecule has 1 saturated heterocycles. The number of nitrogens with zero attached hydrogens (tertiary/aromatic N) is 1. The van der Waals surface area contributed by atoms with Crippen molar-refractivity contribution in [3.8, 4) is 0 Å². The van der Waals surface area contributed by atoms with Gasteiger partial charge >= 0.3 is 0 Å². The molecule has 0 bridgehead atoms. The Balaban J connectivity index is 1.55. The monoisotopic (exact) mass is 447 g/mol. The van der Waals surface area contributed by atoms with Crippen LogP contribution < -0.4 is 10.6 Å². The Bertz CT molecular complexity index is 1000. The van der Waals surface area contributed by atoms with Crippen molar-refractivity contribution in [3.63, 3.8) is 0 Å². The number of ketones is 1. The van der Waals surface area contributed by atoms with Crippen LogP contribution in [0.4, 0.5) is 0 Å². The molecule has 172 valence electrons. The molecule has 2 N–H and O–H groups in total. The summed E-state index contributed by atoms with van der Waals surface area (Å²) in [5, 5.41) is 5.60. The zero-order valence-electron chi connectivity index (χ0n) is 18.5. The number of hydrogen-bond acceptors (Lipinski definition) is 4. The largest absolute Gasteiger partial charge is 0.351 e. The fraction of sp³-hybridized carbons (Fsp3) is 0.385. The van der Waals surface area contributed by atoms with Crippen LogP contribution >= 0.6 is 0 Å². The summed E-state index contributed by atoms with van der Waals surface area (Å²) in [5.74, 6) is -3.93. The lowest BCUT2D eigenvalue weighted by Crippen LogP contribution is -2.53. The van der Waals surface area contributed by atoms with E-state index in [1.54, 1.807) is 0 Å². The highest BCUT2D eigenvalue weighted by atomic mass is 16.2. The molecule has 2 aliphatic rings. The molecular formula is C26H29N3O4. The van der Waals surface area contributed by atoms with Gasteiger partial charge in [0.15, 0.2) is 0 Å². The summed E-state index contributed by atoms with van der Waals surface area (Å²) >= 11 is 0. The summed E-state index contributed by atoms with van der Waals surface area (Å²) in [6.07, 6.45) is 4.41. The number of benzene rings is 2. The van der Waals surface area contributed by atoms with Gasteiger partial charge in [-0.15, -0.1) is 0 Å². The van der Waals surface area contributed by atoms with Gasteiger partial charge in [-0.3, -0.25) is 19.2 Å². The van der Waals surface area contributed by atoms with Gasteiger partial charge in [-0.2, -0.15) is 0 Å². The highest BCUT2D eigenvalue weighted by Crippen LogP contribution is 2.32. The van der Waals surface area contributed by atoms with Crippen molar-refractivity contribution >= 4 is 23.5 Å². The normalized spacial score (nSPS) is 21.2. The summed E-state index contributed by atoms with van der Waals surface area (Å²) < 4.78 is 0. The molecule has 4 rings (SSSR count). The third-order valence-corrected chi connectivity index (χ3v) is 6.48. The first-order chi connectivity index (χ1) is 16.1. The standard InChI is InChI=1S/C26H29N3O4/c30-23-21(24(31)27-16-18-10-4-1-5-11-18)22(25(32)28-17-19-12-6-2-7-13-19)29(26(23)33)20-14-8-3-9-15-20/h1-2,4-7,10-13,20-22H,3,8-9,14-17H2,(H,27,31)(H,28,32)/t21-,22-/m1/s1. The van der Waals surface area contributed by atoms with Crippen molar-refractivity contribution in [3.05, 3.63) is 71.8 Å². The van der Waals surface area contributed by atoms with Crippen molar-refractivity contribution in [2.24, 2.45) is 5.92 Å². The molecule has 3 amide bonds. The third kappa shape index (κ3) is 5.13. The first-order valence-corrected chi connectivity index (χ1v) is 11.6. The second kappa shape index (κ2) is 10.4. The molecule has 1 aliphatic heterocycles. The van der Waals surface area contributed by atoms with E-state index in [0.29, 0.717) is 0 Å². The minimum Gasteiger partial charge on any atom is -0.351 e. The van der Waals surface area contributed by atoms with Gasteiger partial charge in [-0.05, 0) is 24.0 Å². The maximum atomic E-state index is 13.3. The molecule has 2 atom stereocenters. The van der Waals surface area contributed by atoms with E-state index in [0.717, 1.165) is 43.2 Å². The lowest BCUT2D eigenvalue weighted by atomic mass is 9.92. The van der Waals surface area contributed by atoms with Gasteiger partial charge < -0.3 is 15.5 Å². The predicted molar refractivity (Wildman–Crippen MR) is 123 cm³/mol. The minimum absolute atomic E-state index is 0.199. The van der Waals surface area contributed by atoms with E-state index in [2.05, 4.69) is 10.6 Å². The highest BCUT2D eigenvalue weighted by Gasteiger charge is 2.56. The first kappa shape index (κ1) is 22.7. The summed E-state index contributed by atoms with van der Waals surface area (Å²) in [4.78, 5) is 53.8. The van der Waals surface area contributed by atoms with Gasteiger partial charge in [-0.1, -0.05) is 79.9 Å². The Hall–Kier alpha value is -3.48. The number of Topliss-reactive ketones (excluding diaryl/α,β-unsaturated/α-hetero) is 1. The van der Waals surface area contributed by atoms with Crippen LogP contribution in [0, 0.1) is 5.92 Å². The number of likely N-dealkylation sites (tertiary alicyclic amines) is 1. The molecule has 2 aromatic rings. The van der Waals surface area contributed by atoms with E-state index < -0.39 is 35.5 Å². The smallest absolute Gasteiger partial charge is 0.291 e. The fourth-order valence-electron chi connectivity index (χ4n) is 4.77. The number of carbonyl (C=O) groups excluding carboxylic acids is 4. The van der Waals surface area contributed by atoms with Crippen LogP contribution in [-0.2, 0) is 32.3 Å². The summed E-state index contributed by atoms with van der Waals surface area (Å²) in [7, 11) is 0. The Kier molecular flexibility index (Phi) is 7.17. The lowest BCUT2D eigenvalue weighted by Gasteiger charge is -2.35. The molecule has 1 saturated carbocycles. The van der Waals surface area contributed by atoms with Gasteiger partial charge in [0.05, 0.1) is 0 Å². The average Bonchev–Trinajstić information content (AvgIpc) is 3.13. The maximum Gasteiger partial charge on any atom is 0.291 e. The van der Waals surface area contributed by atoms with Crippen molar-refractivity contribution in [2.75, 3.05) is 0 Å². The summed E-state index contributed by atoms with van der Waals surface area (Å²) in [6.45, 7) is 0.481. The molecule has 0 unspecified atom stereocenters. The van der Waals surface area contributed by atoms with E-state index in [1.807, 2.05) is 60.7 Å². The Morgan fingerprint density at radius 1 is 0.758 bits per heavy atom.